The van der Waals surface area contributed by atoms with Gasteiger partial charge in [0.25, 0.3) is 0 Å². The molecule has 0 atom stereocenters. The van der Waals surface area contributed by atoms with Crippen LogP contribution in [0.4, 0.5) is 0 Å². The molecule has 16 heavy (non-hydrogen) atoms. The average molecular weight is 220 g/mol. The van der Waals surface area contributed by atoms with Gasteiger partial charge in [0.1, 0.15) is 0 Å². The van der Waals surface area contributed by atoms with E-state index in [0.717, 1.165) is 16.7 Å². The van der Waals surface area contributed by atoms with Crippen molar-refractivity contribution >= 4 is 12.0 Å². The Hall–Kier alpha value is -1.61. The van der Waals surface area contributed by atoms with Crippen LogP contribution in [0.5, 0.6) is 0 Å². The predicted molar refractivity (Wildman–Crippen MR) is 62.8 cm³/mol. The maximum absolute atomic E-state index is 11.1. The minimum atomic E-state index is -0.368. The smallest absolute Gasteiger partial charge is 0.330 e. The first-order valence-electron chi connectivity index (χ1n) is 5.23. The number of carbonyl (C=O) groups excluding carboxylic acids is 1. The Morgan fingerprint density at radius 1 is 1.50 bits per heavy atom. The number of ether oxygens (including phenoxy) is 1. The Morgan fingerprint density at radius 2 is 2.25 bits per heavy atom. The third-order valence-corrected chi connectivity index (χ3v) is 2.29. The van der Waals surface area contributed by atoms with Crippen LogP contribution >= 0.6 is 0 Å². The first-order chi connectivity index (χ1) is 7.69. The summed E-state index contributed by atoms with van der Waals surface area (Å²) in [6.07, 6.45) is 3.04. The normalized spacial score (nSPS) is 10.7. The summed E-state index contributed by atoms with van der Waals surface area (Å²) < 4.78 is 4.78. The van der Waals surface area contributed by atoms with E-state index in [4.69, 9.17) is 4.74 Å². The number of benzene rings is 1. The molecule has 3 nitrogen and oxygen atoms in total. The van der Waals surface area contributed by atoms with Crippen molar-refractivity contribution < 1.29 is 14.6 Å². The second kappa shape index (κ2) is 6.08. The number of rotatable bonds is 4. The molecule has 0 radical (unpaired) electrons. The van der Waals surface area contributed by atoms with E-state index in [1.165, 1.54) is 6.08 Å². The van der Waals surface area contributed by atoms with Crippen molar-refractivity contribution in [2.45, 2.75) is 20.5 Å². The summed E-state index contributed by atoms with van der Waals surface area (Å²) in [5.74, 6) is -0.368. The molecule has 3 heteroatoms. The van der Waals surface area contributed by atoms with E-state index in [9.17, 15) is 9.90 Å². The van der Waals surface area contributed by atoms with Gasteiger partial charge in [-0.3, -0.25) is 0 Å². The maximum Gasteiger partial charge on any atom is 0.330 e. The van der Waals surface area contributed by atoms with Crippen LogP contribution in [0, 0.1) is 6.92 Å². The zero-order chi connectivity index (χ0) is 12.0. The Bertz CT molecular complexity index is 394. The van der Waals surface area contributed by atoms with Crippen LogP contribution in [0.15, 0.2) is 24.3 Å². The fourth-order valence-electron chi connectivity index (χ4n) is 1.45. The SMILES string of the molecule is CCOC(=O)/C=C/c1cccc(C)c1CO. The van der Waals surface area contributed by atoms with Crippen molar-refractivity contribution in [3.05, 3.63) is 41.0 Å². The number of carbonyl (C=O) groups is 1. The molecule has 0 aromatic heterocycles. The molecular weight excluding hydrogens is 204 g/mol. The summed E-state index contributed by atoms with van der Waals surface area (Å²) in [5.41, 5.74) is 2.69. The van der Waals surface area contributed by atoms with Gasteiger partial charge in [0.05, 0.1) is 13.2 Å². The Morgan fingerprint density at radius 3 is 2.88 bits per heavy atom. The predicted octanol–water partition coefficient (Wildman–Crippen LogP) is 2.06. The first kappa shape index (κ1) is 12.5. The highest BCUT2D eigenvalue weighted by atomic mass is 16.5. The van der Waals surface area contributed by atoms with Crippen LogP contribution in [-0.2, 0) is 16.1 Å². The lowest BCUT2D eigenvalue weighted by molar-refractivity contribution is -0.137. The van der Waals surface area contributed by atoms with E-state index in [-0.39, 0.29) is 12.6 Å². The average Bonchev–Trinajstić information content (AvgIpc) is 2.27. The van der Waals surface area contributed by atoms with Crippen molar-refractivity contribution in [1.82, 2.24) is 0 Å². The molecule has 0 aliphatic carbocycles. The molecule has 1 aromatic carbocycles. The molecule has 1 rings (SSSR count). The molecule has 0 spiro atoms. The number of aliphatic hydroxyl groups is 1. The van der Waals surface area contributed by atoms with Crippen molar-refractivity contribution in [2.24, 2.45) is 0 Å². The zero-order valence-electron chi connectivity index (χ0n) is 9.56. The number of aryl methyl sites for hydroxylation is 1. The minimum Gasteiger partial charge on any atom is -0.463 e. The van der Waals surface area contributed by atoms with Crippen molar-refractivity contribution in [1.29, 1.82) is 0 Å². The van der Waals surface area contributed by atoms with Crippen LogP contribution in [0.2, 0.25) is 0 Å². The summed E-state index contributed by atoms with van der Waals surface area (Å²) in [5, 5.41) is 9.22. The van der Waals surface area contributed by atoms with E-state index in [1.54, 1.807) is 13.0 Å². The highest BCUT2D eigenvalue weighted by Crippen LogP contribution is 2.15. The lowest BCUT2D eigenvalue weighted by Crippen LogP contribution is -1.99. The van der Waals surface area contributed by atoms with Crippen molar-refractivity contribution in [2.75, 3.05) is 6.61 Å². The minimum absolute atomic E-state index is 0.0326. The molecule has 0 bridgehead atoms. The summed E-state index contributed by atoms with van der Waals surface area (Å²) in [6, 6.07) is 5.67. The molecule has 0 amide bonds. The third kappa shape index (κ3) is 3.21. The van der Waals surface area contributed by atoms with E-state index in [0.29, 0.717) is 6.61 Å². The number of hydrogen-bond acceptors (Lipinski definition) is 3. The van der Waals surface area contributed by atoms with Crippen LogP contribution in [0.1, 0.15) is 23.6 Å². The quantitative estimate of drug-likeness (QED) is 0.624. The topological polar surface area (TPSA) is 46.5 Å². The maximum atomic E-state index is 11.1. The van der Waals surface area contributed by atoms with Gasteiger partial charge < -0.3 is 9.84 Å². The molecule has 86 valence electrons. The highest BCUT2D eigenvalue weighted by Gasteiger charge is 2.02. The van der Waals surface area contributed by atoms with Crippen molar-refractivity contribution in [3.63, 3.8) is 0 Å². The standard InChI is InChI=1S/C13H16O3/c1-3-16-13(15)8-7-11-6-4-5-10(2)12(11)9-14/h4-8,14H,3,9H2,1-2H3/b8-7+. The first-order valence-corrected chi connectivity index (χ1v) is 5.23. The Labute approximate surface area is 95.4 Å². The van der Waals surface area contributed by atoms with E-state index >= 15 is 0 Å². The van der Waals surface area contributed by atoms with Gasteiger partial charge in [0.15, 0.2) is 0 Å². The molecule has 1 aromatic rings. The van der Waals surface area contributed by atoms with E-state index < -0.39 is 0 Å². The van der Waals surface area contributed by atoms with Gasteiger partial charge in [0, 0.05) is 6.08 Å². The monoisotopic (exact) mass is 220 g/mol. The van der Waals surface area contributed by atoms with Crippen LogP contribution < -0.4 is 0 Å². The largest absolute Gasteiger partial charge is 0.463 e. The zero-order valence-corrected chi connectivity index (χ0v) is 9.56. The molecule has 0 aliphatic rings. The van der Waals surface area contributed by atoms with Gasteiger partial charge in [-0.15, -0.1) is 0 Å². The Kier molecular flexibility index (Phi) is 4.73. The third-order valence-electron chi connectivity index (χ3n) is 2.29. The van der Waals surface area contributed by atoms with E-state index in [2.05, 4.69) is 0 Å². The molecule has 0 aliphatic heterocycles. The molecule has 0 saturated heterocycles. The number of hydrogen-bond donors (Lipinski definition) is 1. The van der Waals surface area contributed by atoms with Gasteiger partial charge in [0.2, 0.25) is 0 Å². The van der Waals surface area contributed by atoms with Crippen molar-refractivity contribution in [3.8, 4) is 0 Å². The molecule has 0 saturated carbocycles. The summed E-state index contributed by atoms with van der Waals surface area (Å²) in [6.45, 7) is 4.02. The Balaban J connectivity index is 2.88. The van der Waals surface area contributed by atoms with Gasteiger partial charge in [-0.2, -0.15) is 0 Å². The molecular formula is C13H16O3. The van der Waals surface area contributed by atoms with E-state index in [1.807, 2.05) is 25.1 Å². The molecule has 0 unspecified atom stereocenters. The van der Waals surface area contributed by atoms with Gasteiger partial charge in [-0.1, -0.05) is 18.2 Å². The lowest BCUT2D eigenvalue weighted by Gasteiger charge is -2.06. The summed E-state index contributed by atoms with van der Waals surface area (Å²) >= 11 is 0. The van der Waals surface area contributed by atoms with Gasteiger partial charge in [-0.25, -0.2) is 4.79 Å². The van der Waals surface area contributed by atoms with Crippen LogP contribution in [0.3, 0.4) is 0 Å². The van der Waals surface area contributed by atoms with Crippen LogP contribution in [-0.4, -0.2) is 17.7 Å². The number of aliphatic hydroxyl groups excluding tert-OH is 1. The van der Waals surface area contributed by atoms with Gasteiger partial charge >= 0.3 is 5.97 Å². The molecule has 1 N–H and O–H groups in total. The van der Waals surface area contributed by atoms with Gasteiger partial charge in [-0.05, 0) is 36.6 Å². The van der Waals surface area contributed by atoms with Crippen LogP contribution in [0.25, 0.3) is 6.08 Å². The fraction of sp³-hybridized carbons (Fsp3) is 0.308. The lowest BCUT2D eigenvalue weighted by atomic mass is 10.0. The second-order valence-electron chi connectivity index (χ2n) is 3.39. The fourth-order valence-corrected chi connectivity index (χ4v) is 1.45. The molecule has 0 fully saturated rings. The summed E-state index contributed by atoms with van der Waals surface area (Å²) in [7, 11) is 0. The highest BCUT2D eigenvalue weighted by molar-refractivity contribution is 5.87. The summed E-state index contributed by atoms with van der Waals surface area (Å²) in [4.78, 5) is 11.1. The molecule has 0 heterocycles. The second-order valence-corrected chi connectivity index (χ2v) is 3.39. The number of esters is 1.